The van der Waals surface area contributed by atoms with E-state index >= 15 is 0 Å². The summed E-state index contributed by atoms with van der Waals surface area (Å²) in [6.07, 6.45) is 0.319. The second-order valence-electron chi connectivity index (χ2n) is 3.90. The first-order valence-electron chi connectivity index (χ1n) is 5.30. The zero-order valence-electron chi connectivity index (χ0n) is 9.11. The fourth-order valence-electron chi connectivity index (χ4n) is 1.73. The minimum Gasteiger partial charge on any atom is -0.370 e. The average Bonchev–Trinajstić information content (AvgIpc) is 2.30. The Balaban J connectivity index is 2.28. The quantitative estimate of drug-likeness (QED) is 0.834. The molecule has 0 aliphatic carbocycles. The summed E-state index contributed by atoms with van der Waals surface area (Å²) in [5.74, 6) is 0. The summed E-state index contributed by atoms with van der Waals surface area (Å²) in [5, 5.41) is 9.30. The van der Waals surface area contributed by atoms with Crippen molar-refractivity contribution in [3.63, 3.8) is 0 Å². The van der Waals surface area contributed by atoms with E-state index in [0.29, 0.717) is 17.0 Å². The summed E-state index contributed by atoms with van der Waals surface area (Å²) in [5.41, 5.74) is 1.50. The maximum Gasteiger partial charge on any atom is 0.169 e. The molecule has 88 valence electrons. The average molecular weight is 267 g/mol. The molecule has 2 aromatic rings. The number of aliphatic hydroxyl groups is 1. The van der Waals surface area contributed by atoms with Gasteiger partial charge in [0.2, 0.25) is 0 Å². The van der Waals surface area contributed by atoms with Gasteiger partial charge in [0.05, 0.1) is 0 Å². The summed E-state index contributed by atoms with van der Waals surface area (Å²) >= 11 is 12.2. The molecule has 0 radical (unpaired) electrons. The smallest absolute Gasteiger partial charge is 0.169 e. The van der Waals surface area contributed by atoms with Crippen LogP contribution in [-0.4, -0.2) is 5.11 Å². The third kappa shape index (κ3) is 3.01. The zero-order valence-corrected chi connectivity index (χ0v) is 10.6. The molecule has 1 nitrogen and oxygen atoms in total. The molecule has 0 saturated heterocycles. The molecule has 2 aromatic carbocycles. The molecule has 1 N–H and O–H groups in total. The Morgan fingerprint density at radius 3 is 2.18 bits per heavy atom. The monoisotopic (exact) mass is 266 g/mol. The second-order valence-corrected chi connectivity index (χ2v) is 4.93. The second kappa shape index (κ2) is 5.09. The lowest BCUT2D eigenvalue weighted by molar-refractivity contribution is 0.129. The number of alkyl halides is 1. The van der Waals surface area contributed by atoms with Crippen LogP contribution in [-0.2, 0) is 11.5 Å². The molecule has 0 aliphatic rings. The molecule has 0 heterocycles. The molecular formula is C14H12Cl2O. The normalized spacial score (nSPS) is 14.3. The zero-order chi connectivity index (χ0) is 12.3. The Kier molecular flexibility index (Phi) is 3.72. The third-order valence-corrected chi connectivity index (χ3v) is 3.23. The van der Waals surface area contributed by atoms with Crippen molar-refractivity contribution in [3.8, 4) is 0 Å². The van der Waals surface area contributed by atoms with Gasteiger partial charge in [-0.25, -0.2) is 0 Å². The van der Waals surface area contributed by atoms with E-state index in [4.69, 9.17) is 23.2 Å². The summed E-state index contributed by atoms with van der Waals surface area (Å²) in [6, 6.07) is 16.7. The lowest BCUT2D eigenvalue weighted by Gasteiger charge is -2.22. The lowest BCUT2D eigenvalue weighted by Crippen LogP contribution is -2.21. The molecule has 2 rings (SSSR count). The number of benzene rings is 2. The van der Waals surface area contributed by atoms with E-state index in [-0.39, 0.29) is 0 Å². The van der Waals surface area contributed by atoms with Crippen LogP contribution >= 0.6 is 23.2 Å². The van der Waals surface area contributed by atoms with Crippen LogP contribution in [0.2, 0.25) is 5.02 Å². The molecule has 17 heavy (non-hydrogen) atoms. The van der Waals surface area contributed by atoms with E-state index in [1.54, 1.807) is 24.3 Å². The Bertz CT molecular complexity index is 495. The molecule has 0 amide bonds. The van der Waals surface area contributed by atoms with Crippen molar-refractivity contribution < 1.29 is 5.11 Å². The van der Waals surface area contributed by atoms with E-state index in [1.165, 1.54) is 0 Å². The topological polar surface area (TPSA) is 20.2 Å². The van der Waals surface area contributed by atoms with Crippen molar-refractivity contribution >= 4 is 23.2 Å². The predicted molar refractivity (Wildman–Crippen MR) is 71.3 cm³/mol. The van der Waals surface area contributed by atoms with Crippen LogP contribution < -0.4 is 0 Å². The van der Waals surface area contributed by atoms with Crippen molar-refractivity contribution in [1.82, 2.24) is 0 Å². The van der Waals surface area contributed by atoms with Gasteiger partial charge in [0.15, 0.2) is 5.06 Å². The van der Waals surface area contributed by atoms with Crippen molar-refractivity contribution in [3.05, 3.63) is 70.7 Å². The van der Waals surface area contributed by atoms with Gasteiger partial charge in [-0.3, -0.25) is 0 Å². The standard InChI is InChI=1S/C14H12Cl2O/c15-13-9-5-4-8-12(13)14(16,17)10-11-6-2-1-3-7-11/h1-9,17H,10H2. The Labute approximate surface area is 111 Å². The Morgan fingerprint density at radius 2 is 1.53 bits per heavy atom. The Morgan fingerprint density at radius 1 is 0.941 bits per heavy atom. The van der Waals surface area contributed by atoms with Gasteiger partial charge in [0, 0.05) is 17.0 Å². The van der Waals surface area contributed by atoms with Crippen LogP contribution in [0.5, 0.6) is 0 Å². The van der Waals surface area contributed by atoms with Gasteiger partial charge in [-0.05, 0) is 11.6 Å². The van der Waals surface area contributed by atoms with Crippen LogP contribution in [0.15, 0.2) is 54.6 Å². The molecule has 1 unspecified atom stereocenters. The molecule has 3 heteroatoms. The molecule has 0 aromatic heterocycles. The first-order valence-corrected chi connectivity index (χ1v) is 6.05. The van der Waals surface area contributed by atoms with Crippen LogP contribution in [0.1, 0.15) is 11.1 Å². The van der Waals surface area contributed by atoms with Gasteiger partial charge < -0.3 is 5.11 Å². The van der Waals surface area contributed by atoms with Gasteiger partial charge in [-0.2, -0.15) is 0 Å². The summed E-state index contributed by atoms with van der Waals surface area (Å²) < 4.78 is 0. The molecule has 0 spiro atoms. The highest BCUT2D eigenvalue weighted by Crippen LogP contribution is 2.34. The van der Waals surface area contributed by atoms with E-state index < -0.39 is 5.06 Å². The Hall–Kier alpha value is -1.02. The van der Waals surface area contributed by atoms with Gasteiger partial charge in [-0.15, -0.1) is 0 Å². The number of hydrogen-bond donors (Lipinski definition) is 1. The van der Waals surface area contributed by atoms with E-state index in [1.807, 2.05) is 30.3 Å². The van der Waals surface area contributed by atoms with Crippen molar-refractivity contribution in [2.75, 3.05) is 0 Å². The highest BCUT2D eigenvalue weighted by atomic mass is 35.5. The van der Waals surface area contributed by atoms with E-state index in [2.05, 4.69) is 0 Å². The predicted octanol–water partition coefficient (Wildman–Crippen LogP) is 3.97. The fraction of sp³-hybridized carbons (Fsp3) is 0.143. The third-order valence-electron chi connectivity index (χ3n) is 2.57. The summed E-state index contributed by atoms with van der Waals surface area (Å²) in [4.78, 5) is 0. The van der Waals surface area contributed by atoms with Crippen molar-refractivity contribution in [1.29, 1.82) is 0 Å². The maximum atomic E-state index is 10.3. The highest BCUT2D eigenvalue weighted by Gasteiger charge is 2.28. The fourth-order valence-corrected chi connectivity index (χ4v) is 2.39. The summed E-state index contributed by atoms with van der Waals surface area (Å²) in [6.45, 7) is 0. The number of hydrogen-bond acceptors (Lipinski definition) is 1. The molecule has 0 fully saturated rings. The van der Waals surface area contributed by atoms with Gasteiger partial charge in [0.1, 0.15) is 0 Å². The van der Waals surface area contributed by atoms with Crippen LogP contribution in [0.25, 0.3) is 0 Å². The highest BCUT2D eigenvalue weighted by molar-refractivity contribution is 6.33. The largest absolute Gasteiger partial charge is 0.370 e. The molecular weight excluding hydrogens is 255 g/mol. The molecule has 1 atom stereocenters. The minimum atomic E-state index is -1.47. The first kappa shape index (κ1) is 12.4. The summed E-state index contributed by atoms with van der Waals surface area (Å²) in [7, 11) is 0. The number of halogens is 2. The number of rotatable bonds is 3. The van der Waals surface area contributed by atoms with Crippen molar-refractivity contribution in [2.24, 2.45) is 0 Å². The lowest BCUT2D eigenvalue weighted by atomic mass is 10.0. The SMILES string of the molecule is OC(Cl)(Cc1ccccc1)c1ccccc1Cl. The van der Waals surface area contributed by atoms with Gasteiger partial charge in [0.25, 0.3) is 0 Å². The van der Waals surface area contributed by atoms with Crippen LogP contribution in [0, 0.1) is 0 Å². The van der Waals surface area contributed by atoms with E-state index in [0.717, 1.165) is 5.56 Å². The first-order chi connectivity index (χ1) is 8.09. The maximum absolute atomic E-state index is 10.3. The molecule has 0 saturated carbocycles. The van der Waals surface area contributed by atoms with Crippen LogP contribution in [0.4, 0.5) is 0 Å². The molecule has 0 bridgehead atoms. The van der Waals surface area contributed by atoms with Gasteiger partial charge >= 0.3 is 0 Å². The molecule has 0 aliphatic heterocycles. The van der Waals surface area contributed by atoms with E-state index in [9.17, 15) is 5.11 Å². The minimum absolute atomic E-state index is 0.319. The van der Waals surface area contributed by atoms with Crippen molar-refractivity contribution in [2.45, 2.75) is 11.5 Å². The van der Waals surface area contributed by atoms with Gasteiger partial charge in [-0.1, -0.05) is 71.7 Å². The van der Waals surface area contributed by atoms with Crippen LogP contribution in [0.3, 0.4) is 0 Å².